The summed E-state index contributed by atoms with van der Waals surface area (Å²) in [6, 6.07) is -0.0449. The molecular weight excluding hydrogens is 330 g/mol. The molecule has 162 valence electrons. The van der Waals surface area contributed by atoms with Crippen LogP contribution < -0.4 is 16.4 Å². The number of ketones is 2. The molecule has 0 saturated carbocycles. The van der Waals surface area contributed by atoms with Gasteiger partial charge in [-0.2, -0.15) is 0 Å². The zero-order valence-corrected chi connectivity index (χ0v) is 14.5. The standard InChI is InChI=1S/C8H18N2O.C8H15NO2.4CH4/c1-7(11)8(10-2)5-3-4-6-9;1-7(11)8(9-2)5-3-4-6-10;;;;/h8,10H,3-6,9H2,1-2H3;6,8-9H,3-5H2,1-2H3;4*1H4. The van der Waals surface area contributed by atoms with E-state index in [-0.39, 0.29) is 53.4 Å². The van der Waals surface area contributed by atoms with Gasteiger partial charge in [0.05, 0.1) is 12.1 Å². The lowest BCUT2D eigenvalue weighted by Crippen LogP contribution is -2.32. The lowest BCUT2D eigenvalue weighted by molar-refractivity contribution is -0.119. The van der Waals surface area contributed by atoms with Gasteiger partial charge in [0, 0.05) is 6.42 Å². The first-order valence-electron chi connectivity index (χ1n) is 7.93. The Morgan fingerprint density at radius 3 is 1.50 bits per heavy atom. The van der Waals surface area contributed by atoms with Crippen molar-refractivity contribution in [1.82, 2.24) is 10.6 Å². The maximum atomic E-state index is 10.9. The number of hydrogen-bond acceptors (Lipinski definition) is 6. The maximum Gasteiger partial charge on any atom is 0.146 e. The van der Waals surface area contributed by atoms with Crippen LogP contribution in [0.25, 0.3) is 0 Å². The molecule has 0 spiro atoms. The highest BCUT2D eigenvalue weighted by molar-refractivity contribution is 5.81. The summed E-state index contributed by atoms with van der Waals surface area (Å²) in [4.78, 5) is 31.6. The molecule has 6 nitrogen and oxygen atoms in total. The Labute approximate surface area is 164 Å². The first-order chi connectivity index (χ1) is 10.4. The van der Waals surface area contributed by atoms with E-state index in [1.807, 2.05) is 7.05 Å². The van der Waals surface area contributed by atoms with Crippen LogP contribution >= 0.6 is 0 Å². The van der Waals surface area contributed by atoms with Crippen LogP contribution in [0, 0.1) is 0 Å². The second-order valence-corrected chi connectivity index (χ2v) is 5.29. The quantitative estimate of drug-likeness (QED) is 0.355. The Morgan fingerprint density at radius 2 is 1.23 bits per heavy atom. The summed E-state index contributed by atoms with van der Waals surface area (Å²) < 4.78 is 0. The molecule has 2 unspecified atom stereocenters. The number of Topliss-reactive ketones (excluding diaryl/α,β-unsaturated/α-hetero) is 2. The van der Waals surface area contributed by atoms with Crippen LogP contribution in [0.1, 0.15) is 82.1 Å². The van der Waals surface area contributed by atoms with E-state index in [2.05, 4.69) is 10.6 Å². The number of aldehydes is 1. The Hall–Kier alpha value is -1.11. The molecule has 0 aromatic carbocycles. The minimum atomic E-state index is -0.0741. The van der Waals surface area contributed by atoms with Gasteiger partial charge in [-0.3, -0.25) is 9.59 Å². The molecule has 0 bridgehead atoms. The Morgan fingerprint density at radius 1 is 0.846 bits per heavy atom. The molecule has 0 rings (SSSR count). The van der Waals surface area contributed by atoms with Gasteiger partial charge in [0.15, 0.2) is 0 Å². The molecule has 0 heterocycles. The fraction of sp³-hybridized carbons (Fsp3) is 0.850. The molecule has 0 saturated heterocycles. The van der Waals surface area contributed by atoms with Crippen molar-refractivity contribution in [2.75, 3.05) is 20.6 Å². The highest BCUT2D eigenvalue weighted by Crippen LogP contribution is 2.00. The number of carbonyl (C=O) groups excluding carboxylic acids is 3. The first-order valence-corrected chi connectivity index (χ1v) is 7.93. The van der Waals surface area contributed by atoms with E-state index < -0.39 is 0 Å². The SMILES string of the molecule is C.C.C.C.CNC(CCCC=O)C(C)=O.CNC(CCCCN)C(C)=O. The third-order valence-corrected chi connectivity index (χ3v) is 3.44. The van der Waals surface area contributed by atoms with Crippen LogP contribution in [-0.4, -0.2) is 50.6 Å². The molecule has 0 radical (unpaired) electrons. The van der Waals surface area contributed by atoms with E-state index >= 15 is 0 Å². The molecule has 0 amide bonds. The van der Waals surface area contributed by atoms with Gasteiger partial charge in [-0.1, -0.05) is 36.1 Å². The molecule has 0 fully saturated rings. The predicted octanol–water partition coefficient (Wildman–Crippen LogP) is 3.37. The highest BCUT2D eigenvalue weighted by Gasteiger charge is 2.10. The van der Waals surface area contributed by atoms with Gasteiger partial charge in [-0.15, -0.1) is 0 Å². The number of likely N-dealkylation sites (N-methyl/N-ethyl adjacent to an activating group) is 2. The highest BCUT2D eigenvalue weighted by atomic mass is 16.1. The van der Waals surface area contributed by atoms with E-state index in [1.54, 1.807) is 20.9 Å². The van der Waals surface area contributed by atoms with Crippen LogP contribution in [-0.2, 0) is 14.4 Å². The maximum absolute atomic E-state index is 10.9. The minimum absolute atomic E-state index is 0. The molecule has 0 aliphatic heterocycles. The van der Waals surface area contributed by atoms with Gasteiger partial charge < -0.3 is 21.2 Å². The van der Waals surface area contributed by atoms with Gasteiger partial charge >= 0.3 is 0 Å². The number of hydrogen-bond donors (Lipinski definition) is 3. The van der Waals surface area contributed by atoms with Gasteiger partial charge in [-0.05, 0) is 60.2 Å². The Bertz CT molecular complexity index is 311. The predicted molar refractivity (Wildman–Crippen MR) is 117 cm³/mol. The van der Waals surface area contributed by atoms with Crippen LogP contribution in [0.3, 0.4) is 0 Å². The summed E-state index contributed by atoms with van der Waals surface area (Å²) in [5.74, 6) is 0.350. The average molecular weight is 380 g/mol. The van der Waals surface area contributed by atoms with Crippen LogP contribution in [0.15, 0.2) is 0 Å². The largest absolute Gasteiger partial charge is 0.330 e. The molecule has 0 aromatic heterocycles. The van der Waals surface area contributed by atoms with Crippen LogP contribution in [0.5, 0.6) is 0 Å². The Kier molecular flexibility index (Phi) is 43.9. The normalized spacial score (nSPS) is 10.8. The van der Waals surface area contributed by atoms with E-state index in [9.17, 15) is 14.4 Å². The number of carbonyl (C=O) groups is 3. The third kappa shape index (κ3) is 25.1. The molecular formula is C20H49N3O3. The van der Waals surface area contributed by atoms with E-state index in [4.69, 9.17) is 5.73 Å². The summed E-state index contributed by atoms with van der Waals surface area (Å²) >= 11 is 0. The molecule has 2 atom stereocenters. The van der Waals surface area contributed by atoms with Crippen molar-refractivity contribution in [3.8, 4) is 0 Å². The smallest absolute Gasteiger partial charge is 0.146 e. The van der Waals surface area contributed by atoms with Crippen molar-refractivity contribution in [2.24, 2.45) is 5.73 Å². The monoisotopic (exact) mass is 379 g/mol. The summed E-state index contributed by atoms with van der Waals surface area (Å²) in [6.07, 6.45) is 5.91. The van der Waals surface area contributed by atoms with Crippen molar-refractivity contribution >= 4 is 17.9 Å². The molecule has 6 heteroatoms. The summed E-state index contributed by atoms with van der Waals surface area (Å²) in [7, 11) is 3.57. The number of unbranched alkanes of at least 4 members (excludes halogenated alkanes) is 2. The van der Waals surface area contributed by atoms with Crippen molar-refractivity contribution < 1.29 is 14.4 Å². The minimum Gasteiger partial charge on any atom is -0.330 e. The fourth-order valence-electron chi connectivity index (χ4n) is 2.00. The summed E-state index contributed by atoms with van der Waals surface area (Å²) in [5, 5.41) is 5.86. The summed E-state index contributed by atoms with van der Waals surface area (Å²) in [6.45, 7) is 3.89. The van der Waals surface area contributed by atoms with Crippen LogP contribution in [0.4, 0.5) is 0 Å². The zero-order chi connectivity index (χ0) is 17.4. The average Bonchev–Trinajstić information content (AvgIpc) is 2.48. The number of nitrogens with one attached hydrogen (secondary N) is 2. The lowest BCUT2D eigenvalue weighted by atomic mass is 10.1. The third-order valence-electron chi connectivity index (χ3n) is 3.44. The molecule has 26 heavy (non-hydrogen) atoms. The Balaban J connectivity index is -0.0000000667. The van der Waals surface area contributed by atoms with E-state index in [0.29, 0.717) is 13.0 Å². The molecule has 4 N–H and O–H groups in total. The second kappa shape index (κ2) is 28.7. The fourth-order valence-corrected chi connectivity index (χ4v) is 2.00. The summed E-state index contributed by atoms with van der Waals surface area (Å²) in [5.41, 5.74) is 5.33. The van der Waals surface area contributed by atoms with Crippen molar-refractivity contribution in [1.29, 1.82) is 0 Å². The zero-order valence-electron chi connectivity index (χ0n) is 14.5. The van der Waals surface area contributed by atoms with Gasteiger partial charge in [0.1, 0.15) is 17.9 Å². The van der Waals surface area contributed by atoms with Crippen molar-refractivity contribution in [3.05, 3.63) is 0 Å². The van der Waals surface area contributed by atoms with E-state index in [0.717, 1.165) is 38.4 Å². The van der Waals surface area contributed by atoms with Gasteiger partial charge in [0.2, 0.25) is 0 Å². The van der Waals surface area contributed by atoms with Crippen LogP contribution in [0.2, 0.25) is 0 Å². The number of nitrogens with two attached hydrogens (primary N) is 1. The van der Waals surface area contributed by atoms with Crippen molar-refractivity contribution in [2.45, 2.75) is 94.2 Å². The molecule has 0 aliphatic carbocycles. The van der Waals surface area contributed by atoms with Crippen molar-refractivity contribution in [3.63, 3.8) is 0 Å². The van der Waals surface area contributed by atoms with Gasteiger partial charge in [-0.25, -0.2) is 0 Å². The topological polar surface area (TPSA) is 101 Å². The first kappa shape index (κ1) is 39.8. The number of rotatable bonds is 12. The second-order valence-electron chi connectivity index (χ2n) is 5.29. The van der Waals surface area contributed by atoms with Gasteiger partial charge in [0.25, 0.3) is 0 Å². The lowest BCUT2D eigenvalue weighted by Gasteiger charge is -2.11. The molecule has 0 aromatic rings. The van der Waals surface area contributed by atoms with E-state index in [1.165, 1.54) is 0 Å². The molecule has 0 aliphatic rings.